The maximum absolute atomic E-state index is 12.4. The summed E-state index contributed by atoms with van der Waals surface area (Å²) in [6.07, 6.45) is 3.97. The predicted octanol–water partition coefficient (Wildman–Crippen LogP) is 3.33. The maximum Gasteiger partial charge on any atom is 0.251 e. The number of hydrogen-bond acceptors (Lipinski definition) is 2. The maximum atomic E-state index is 12.4. The van der Waals surface area contributed by atoms with Gasteiger partial charge in [0, 0.05) is 30.1 Å². The second kappa shape index (κ2) is 6.27. The number of ether oxygens (including phenoxy) is 1. The molecule has 1 amide bonds. The van der Waals surface area contributed by atoms with E-state index in [4.69, 9.17) is 4.74 Å². The zero-order valence-corrected chi connectivity index (χ0v) is 13.1. The van der Waals surface area contributed by atoms with Crippen molar-refractivity contribution in [2.24, 2.45) is 0 Å². The molecule has 0 spiro atoms. The summed E-state index contributed by atoms with van der Waals surface area (Å²) in [6, 6.07) is 8.48. The van der Waals surface area contributed by atoms with Crippen molar-refractivity contribution in [3.8, 4) is 0 Å². The van der Waals surface area contributed by atoms with Crippen molar-refractivity contribution in [2.75, 3.05) is 19.7 Å². The molecule has 2 aliphatic heterocycles. The number of rotatable bonds is 2. The van der Waals surface area contributed by atoms with Crippen LogP contribution < -0.4 is 0 Å². The molecular weight excluding hydrogens is 318 g/mol. The summed E-state index contributed by atoms with van der Waals surface area (Å²) in [5, 5.41) is 0. The van der Waals surface area contributed by atoms with Crippen LogP contribution in [0.4, 0.5) is 0 Å². The van der Waals surface area contributed by atoms with Crippen LogP contribution in [0.15, 0.2) is 28.7 Å². The quantitative estimate of drug-likeness (QED) is 0.828. The van der Waals surface area contributed by atoms with Crippen molar-refractivity contribution in [1.82, 2.24) is 4.90 Å². The molecule has 108 valence electrons. The number of carbonyl (C=O) groups excluding carboxylic acids is 1. The van der Waals surface area contributed by atoms with E-state index in [1.165, 1.54) is 5.56 Å². The second-order valence-electron chi connectivity index (χ2n) is 5.68. The van der Waals surface area contributed by atoms with Gasteiger partial charge in [-0.2, -0.15) is 0 Å². The Morgan fingerprint density at radius 2 is 2.00 bits per heavy atom. The Morgan fingerprint density at radius 3 is 2.70 bits per heavy atom. The van der Waals surface area contributed by atoms with Gasteiger partial charge in [-0.3, -0.25) is 4.79 Å². The number of piperidine rings is 1. The van der Waals surface area contributed by atoms with E-state index in [1.807, 2.05) is 4.90 Å². The highest BCUT2D eigenvalue weighted by atomic mass is 79.9. The van der Waals surface area contributed by atoms with Gasteiger partial charge in [0.2, 0.25) is 0 Å². The fourth-order valence-corrected chi connectivity index (χ4v) is 3.42. The molecule has 20 heavy (non-hydrogen) atoms. The summed E-state index contributed by atoms with van der Waals surface area (Å²) >= 11 is 3.47. The van der Waals surface area contributed by atoms with Crippen LogP contribution in [-0.4, -0.2) is 36.6 Å². The summed E-state index contributed by atoms with van der Waals surface area (Å²) < 4.78 is 6.63. The molecule has 3 rings (SSSR count). The highest BCUT2D eigenvalue weighted by Gasteiger charge is 2.31. The highest BCUT2D eigenvalue weighted by molar-refractivity contribution is 9.10. The summed E-state index contributed by atoms with van der Waals surface area (Å²) in [6.45, 7) is 2.45. The molecular formula is C16H20BrNO2. The third-order valence-corrected chi connectivity index (χ3v) is 4.81. The topological polar surface area (TPSA) is 29.5 Å². The average Bonchev–Trinajstić information content (AvgIpc) is 3.01. The zero-order valence-electron chi connectivity index (χ0n) is 11.6. The normalized spacial score (nSPS) is 26.8. The first-order chi connectivity index (χ1) is 9.74. The molecule has 0 bridgehead atoms. The van der Waals surface area contributed by atoms with Crippen LogP contribution in [0.25, 0.3) is 0 Å². The fraction of sp³-hybridized carbons (Fsp3) is 0.562. The first-order valence-corrected chi connectivity index (χ1v) is 8.19. The molecule has 0 radical (unpaired) electrons. The van der Waals surface area contributed by atoms with E-state index in [1.54, 1.807) is 0 Å². The lowest BCUT2D eigenvalue weighted by Crippen LogP contribution is -2.44. The molecule has 0 N–H and O–H groups in total. The van der Waals surface area contributed by atoms with Gasteiger partial charge in [-0.1, -0.05) is 28.1 Å². The number of hydrogen-bond donors (Lipinski definition) is 0. The molecule has 2 atom stereocenters. The first kappa shape index (κ1) is 14.1. The van der Waals surface area contributed by atoms with Crippen LogP contribution in [0.1, 0.15) is 37.2 Å². The molecule has 2 heterocycles. The predicted molar refractivity (Wildman–Crippen MR) is 81.7 cm³/mol. The van der Waals surface area contributed by atoms with E-state index < -0.39 is 0 Å². The number of amides is 1. The number of likely N-dealkylation sites (tertiary alicyclic amines) is 1. The van der Waals surface area contributed by atoms with Crippen LogP contribution in [0.2, 0.25) is 0 Å². The van der Waals surface area contributed by atoms with Crippen molar-refractivity contribution in [3.63, 3.8) is 0 Å². The van der Waals surface area contributed by atoms with Crippen LogP contribution in [-0.2, 0) is 9.53 Å². The molecule has 2 saturated heterocycles. The lowest BCUT2D eigenvalue weighted by atomic mass is 9.90. The van der Waals surface area contributed by atoms with Crippen LogP contribution >= 0.6 is 15.9 Å². The molecule has 2 unspecified atom stereocenters. The standard InChI is InChI=1S/C16H20BrNO2/c17-14-7-5-12(6-8-14)13-3-1-9-18(11-13)16(19)15-4-2-10-20-15/h5-8,13,15H,1-4,9-11H2. The minimum atomic E-state index is -0.182. The molecule has 2 fully saturated rings. The number of benzene rings is 1. The van der Waals surface area contributed by atoms with Crippen LogP contribution in [0.5, 0.6) is 0 Å². The summed E-state index contributed by atoms with van der Waals surface area (Å²) in [4.78, 5) is 14.4. The van der Waals surface area contributed by atoms with Crippen LogP contribution in [0, 0.1) is 0 Å². The Hall–Kier alpha value is -0.870. The average molecular weight is 338 g/mol. The third-order valence-electron chi connectivity index (χ3n) is 4.28. The van der Waals surface area contributed by atoms with Crippen molar-refractivity contribution in [1.29, 1.82) is 0 Å². The van der Waals surface area contributed by atoms with Crippen molar-refractivity contribution < 1.29 is 9.53 Å². The number of carbonyl (C=O) groups is 1. The summed E-state index contributed by atoms with van der Waals surface area (Å²) in [7, 11) is 0. The van der Waals surface area contributed by atoms with E-state index in [0.717, 1.165) is 49.9 Å². The molecule has 0 aromatic heterocycles. The van der Waals surface area contributed by atoms with Gasteiger partial charge in [-0.25, -0.2) is 0 Å². The van der Waals surface area contributed by atoms with Gasteiger partial charge in [-0.15, -0.1) is 0 Å². The van der Waals surface area contributed by atoms with Crippen molar-refractivity contribution >= 4 is 21.8 Å². The zero-order chi connectivity index (χ0) is 13.9. The van der Waals surface area contributed by atoms with Gasteiger partial charge < -0.3 is 9.64 Å². The SMILES string of the molecule is O=C(C1CCCO1)N1CCCC(c2ccc(Br)cc2)C1. The van der Waals surface area contributed by atoms with Gasteiger partial charge in [0.25, 0.3) is 5.91 Å². The number of halogens is 1. The van der Waals surface area contributed by atoms with Crippen LogP contribution in [0.3, 0.4) is 0 Å². The molecule has 1 aromatic carbocycles. The largest absolute Gasteiger partial charge is 0.368 e. The summed E-state index contributed by atoms with van der Waals surface area (Å²) in [5.41, 5.74) is 1.33. The molecule has 0 saturated carbocycles. The molecule has 2 aliphatic rings. The Balaban J connectivity index is 1.66. The van der Waals surface area contributed by atoms with E-state index in [2.05, 4.69) is 40.2 Å². The van der Waals surface area contributed by atoms with Crippen molar-refractivity contribution in [3.05, 3.63) is 34.3 Å². The Kier molecular flexibility index (Phi) is 4.41. The third kappa shape index (κ3) is 3.07. The van der Waals surface area contributed by atoms with E-state index in [0.29, 0.717) is 5.92 Å². The van der Waals surface area contributed by atoms with Gasteiger partial charge in [0.1, 0.15) is 6.10 Å². The van der Waals surface area contributed by atoms with E-state index >= 15 is 0 Å². The first-order valence-electron chi connectivity index (χ1n) is 7.40. The lowest BCUT2D eigenvalue weighted by molar-refractivity contribution is -0.142. The minimum absolute atomic E-state index is 0.182. The molecule has 1 aromatic rings. The Labute approximate surface area is 128 Å². The lowest BCUT2D eigenvalue weighted by Gasteiger charge is -2.34. The van der Waals surface area contributed by atoms with Gasteiger partial charge in [-0.05, 0) is 43.4 Å². The fourth-order valence-electron chi connectivity index (χ4n) is 3.16. The number of nitrogens with zero attached hydrogens (tertiary/aromatic N) is 1. The van der Waals surface area contributed by atoms with Crippen molar-refractivity contribution in [2.45, 2.75) is 37.7 Å². The highest BCUT2D eigenvalue weighted by Crippen LogP contribution is 2.29. The second-order valence-corrected chi connectivity index (χ2v) is 6.59. The molecule has 3 nitrogen and oxygen atoms in total. The Morgan fingerprint density at radius 1 is 1.20 bits per heavy atom. The van der Waals surface area contributed by atoms with Gasteiger partial charge in [0.05, 0.1) is 0 Å². The van der Waals surface area contributed by atoms with E-state index in [9.17, 15) is 4.79 Å². The van der Waals surface area contributed by atoms with Gasteiger partial charge in [0.15, 0.2) is 0 Å². The Bertz CT molecular complexity index is 468. The monoisotopic (exact) mass is 337 g/mol. The molecule has 4 heteroatoms. The molecule has 0 aliphatic carbocycles. The van der Waals surface area contributed by atoms with Gasteiger partial charge >= 0.3 is 0 Å². The van der Waals surface area contributed by atoms with E-state index in [-0.39, 0.29) is 12.0 Å². The smallest absolute Gasteiger partial charge is 0.251 e. The minimum Gasteiger partial charge on any atom is -0.368 e. The summed E-state index contributed by atoms with van der Waals surface area (Å²) in [5.74, 6) is 0.659.